The van der Waals surface area contributed by atoms with E-state index in [9.17, 15) is 5.11 Å². The summed E-state index contributed by atoms with van der Waals surface area (Å²) in [5, 5.41) is 13.7. The summed E-state index contributed by atoms with van der Waals surface area (Å²) in [5.41, 5.74) is 0. The van der Waals surface area contributed by atoms with Gasteiger partial charge in [0.2, 0.25) is 0 Å². The van der Waals surface area contributed by atoms with Gasteiger partial charge in [-0.3, -0.25) is 0 Å². The van der Waals surface area contributed by atoms with E-state index in [0.717, 1.165) is 18.2 Å². The van der Waals surface area contributed by atoms with Gasteiger partial charge in [-0.15, -0.1) is 0 Å². The number of nitrogens with one attached hydrogen (secondary N) is 1. The molecule has 0 aliphatic heterocycles. The van der Waals surface area contributed by atoms with Gasteiger partial charge in [-0.05, 0) is 38.6 Å². The van der Waals surface area contributed by atoms with Crippen LogP contribution in [-0.4, -0.2) is 34.8 Å². The van der Waals surface area contributed by atoms with E-state index in [0.29, 0.717) is 11.3 Å². The van der Waals surface area contributed by atoms with Gasteiger partial charge in [0, 0.05) is 17.0 Å². The molecule has 3 atom stereocenters. The van der Waals surface area contributed by atoms with Gasteiger partial charge in [0.1, 0.15) is 0 Å². The molecule has 1 saturated carbocycles. The molecule has 1 rings (SSSR count). The number of thioether (sulfide) groups is 1. The predicted molar refractivity (Wildman–Crippen MR) is 82.3 cm³/mol. The lowest BCUT2D eigenvalue weighted by Gasteiger charge is -2.32. The van der Waals surface area contributed by atoms with Gasteiger partial charge < -0.3 is 10.4 Å². The van der Waals surface area contributed by atoms with E-state index in [4.69, 9.17) is 0 Å². The summed E-state index contributed by atoms with van der Waals surface area (Å²) in [5.74, 6) is 2.01. The molecule has 0 saturated heterocycles. The zero-order chi connectivity index (χ0) is 13.4. The number of hydrogen-bond acceptors (Lipinski definition) is 3. The van der Waals surface area contributed by atoms with Crippen LogP contribution in [-0.2, 0) is 0 Å². The molecule has 1 fully saturated rings. The Kier molecular flexibility index (Phi) is 8.36. The Balaban J connectivity index is 2.38. The summed E-state index contributed by atoms with van der Waals surface area (Å²) in [6, 6.07) is 0.649. The lowest BCUT2D eigenvalue weighted by molar-refractivity contribution is 0.196. The molecule has 108 valence electrons. The standard InChI is InChI=1S/C15H31NOS/c1-4-10-16-15(11-18-13(3)12(2)17)14-8-6-5-7-9-14/h12-17H,4-11H2,1-3H3. The van der Waals surface area contributed by atoms with E-state index in [1.165, 1.54) is 38.5 Å². The normalized spacial score (nSPS) is 22.7. The average Bonchev–Trinajstić information content (AvgIpc) is 2.39. The Hall–Kier alpha value is 0.270. The third-order valence-corrected chi connectivity index (χ3v) is 5.56. The SMILES string of the molecule is CCCNC(CSC(C)C(C)O)C1CCCCC1. The van der Waals surface area contributed by atoms with Crippen LogP contribution in [0.25, 0.3) is 0 Å². The van der Waals surface area contributed by atoms with Crippen molar-refractivity contribution in [2.24, 2.45) is 5.92 Å². The fourth-order valence-electron chi connectivity index (χ4n) is 2.62. The zero-order valence-corrected chi connectivity index (χ0v) is 13.1. The van der Waals surface area contributed by atoms with Gasteiger partial charge in [0.15, 0.2) is 0 Å². The van der Waals surface area contributed by atoms with Crippen molar-refractivity contribution >= 4 is 11.8 Å². The van der Waals surface area contributed by atoms with Crippen molar-refractivity contribution in [1.82, 2.24) is 5.32 Å². The van der Waals surface area contributed by atoms with Gasteiger partial charge in [-0.1, -0.05) is 33.1 Å². The van der Waals surface area contributed by atoms with E-state index in [1.807, 2.05) is 18.7 Å². The molecule has 0 aromatic carbocycles. The number of rotatable bonds is 8. The molecule has 0 spiro atoms. The van der Waals surface area contributed by atoms with Crippen LogP contribution in [0.5, 0.6) is 0 Å². The largest absolute Gasteiger partial charge is 0.392 e. The van der Waals surface area contributed by atoms with E-state index in [1.54, 1.807) is 0 Å². The summed E-state index contributed by atoms with van der Waals surface area (Å²) in [6.07, 6.45) is 8.04. The second kappa shape index (κ2) is 9.22. The zero-order valence-electron chi connectivity index (χ0n) is 12.3. The molecule has 0 amide bonds. The molecular weight excluding hydrogens is 242 g/mol. The van der Waals surface area contributed by atoms with Gasteiger partial charge in [0.05, 0.1) is 6.10 Å². The van der Waals surface area contributed by atoms with Crippen molar-refractivity contribution in [3.05, 3.63) is 0 Å². The molecule has 3 heteroatoms. The second-order valence-electron chi connectivity index (χ2n) is 5.74. The highest BCUT2D eigenvalue weighted by molar-refractivity contribution is 7.99. The Bertz CT molecular complexity index is 205. The fraction of sp³-hybridized carbons (Fsp3) is 1.00. The molecule has 0 aromatic rings. The predicted octanol–water partition coefficient (Wildman–Crippen LogP) is 3.44. The van der Waals surface area contributed by atoms with Crippen LogP contribution in [0.3, 0.4) is 0 Å². The van der Waals surface area contributed by atoms with Gasteiger partial charge in [-0.25, -0.2) is 0 Å². The van der Waals surface area contributed by atoms with Crippen LogP contribution in [0.15, 0.2) is 0 Å². The number of aliphatic hydroxyl groups excluding tert-OH is 1. The first-order valence-corrected chi connectivity index (χ1v) is 8.73. The summed E-state index contributed by atoms with van der Waals surface area (Å²) in [6.45, 7) is 7.39. The third-order valence-electron chi connectivity index (χ3n) is 4.09. The quantitative estimate of drug-likeness (QED) is 0.710. The van der Waals surface area contributed by atoms with Crippen LogP contribution in [0.4, 0.5) is 0 Å². The molecule has 2 N–H and O–H groups in total. The second-order valence-corrected chi connectivity index (χ2v) is 7.15. The molecule has 0 heterocycles. The summed E-state index contributed by atoms with van der Waals surface area (Å²) in [4.78, 5) is 0. The van der Waals surface area contributed by atoms with E-state index in [-0.39, 0.29) is 6.10 Å². The van der Waals surface area contributed by atoms with Crippen LogP contribution in [0.1, 0.15) is 59.3 Å². The Morgan fingerprint density at radius 3 is 2.44 bits per heavy atom. The number of hydrogen-bond donors (Lipinski definition) is 2. The van der Waals surface area contributed by atoms with Crippen molar-refractivity contribution in [3.8, 4) is 0 Å². The van der Waals surface area contributed by atoms with E-state index >= 15 is 0 Å². The van der Waals surface area contributed by atoms with Crippen molar-refractivity contribution in [3.63, 3.8) is 0 Å². The topological polar surface area (TPSA) is 32.3 Å². The Morgan fingerprint density at radius 2 is 1.89 bits per heavy atom. The summed E-state index contributed by atoms with van der Waals surface area (Å²) >= 11 is 1.92. The first kappa shape index (κ1) is 16.3. The maximum atomic E-state index is 9.58. The molecule has 2 nitrogen and oxygen atoms in total. The fourth-order valence-corrected chi connectivity index (χ4v) is 3.80. The summed E-state index contributed by atoms with van der Waals surface area (Å²) < 4.78 is 0. The lowest BCUT2D eigenvalue weighted by Crippen LogP contribution is -2.40. The average molecular weight is 273 g/mol. The molecule has 0 aromatic heterocycles. The highest BCUT2D eigenvalue weighted by Gasteiger charge is 2.24. The minimum Gasteiger partial charge on any atom is -0.392 e. The third kappa shape index (κ3) is 5.94. The Labute approximate surface area is 117 Å². The first-order valence-electron chi connectivity index (χ1n) is 7.68. The minimum absolute atomic E-state index is 0.201. The molecule has 18 heavy (non-hydrogen) atoms. The van der Waals surface area contributed by atoms with Crippen LogP contribution >= 0.6 is 11.8 Å². The van der Waals surface area contributed by atoms with Gasteiger partial charge >= 0.3 is 0 Å². The molecular formula is C15H31NOS. The van der Waals surface area contributed by atoms with Gasteiger partial charge in [-0.2, -0.15) is 11.8 Å². The van der Waals surface area contributed by atoms with Crippen molar-refractivity contribution in [2.45, 2.75) is 76.7 Å². The highest BCUT2D eigenvalue weighted by Crippen LogP contribution is 2.29. The summed E-state index contributed by atoms with van der Waals surface area (Å²) in [7, 11) is 0. The minimum atomic E-state index is -0.201. The molecule has 1 aliphatic rings. The molecule has 1 aliphatic carbocycles. The maximum Gasteiger partial charge on any atom is 0.0628 e. The Morgan fingerprint density at radius 1 is 1.22 bits per heavy atom. The molecule has 0 radical (unpaired) electrons. The monoisotopic (exact) mass is 273 g/mol. The van der Waals surface area contributed by atoms with Crippen LogP contribution < -0.4 is 5.32 Å². The highest BCUT2D eigenvalue weighted by atomic mass is 32.2. The first-order chi connectivity index (χ1) is 8.65. The van der Waals surface area contributed by atoms with E-state index in [2.05, 4.69) is 19.2 Å². The van der Waals surface area contributed by atoms with Gasteiger partial charge in [0.25, 0.3) is 0 Å². The maximum absolute atomic E-state index is 9.58. The van der Waals surface area contributed by atoms with Crippen molar-refractivity contribution in [2.75, 3.05) is 12.3 Å². The number of aliphatic hydroxyl groups is 1. The smallest absolute Gasteiger partial charge is 0.0628 e. The lowest BCUT2D eigenvalue weighted by atomic mass is 9.84. The van der Waals surface area contributed by atoms with Crippen LogP contribution in [0.2, 0.25) is 0 Å². The van der Waals surface area contributed by atoms with E-state index < -0.39 is 0 Å². The van der Waals surface area contributed by atoms with Crippen molar-refractivity contribution in [1.29, 1.82) is 0 Å². The molecule has 3 unspecified atom stereocenters. The molecule has 0 bridgehead atoms. The van der Waals surface area contributed by atoms with Crippen LogP contribution in [0, 0.1) is 5.92 Å². The van der Waals surface area contributed by atoms with Crippen molar-refractivity contribution < 1.29 is 5.11 Å².